The molecule has 0 radical (unpaired) electrons. The third-order valence-corrected chi connectivity index (χ3v) is 9.69. The Morgan fingerprint density at radius 1 is 0.627 bits per heavy atom. The highest BCUT2D eigenvalue weighted by Gasteiger charge is 2.24. The van der Waals surface area contributed by atoms with Crippen molar-refractivity contribution in [1.29, 1.82) is 0 Å². The average molecular weight is 669 g/mol. The Morgan fingerprint density at radius 2 is 1.37 bits per heavy atom. The van der Waals surface area contributed by atoms with Gasteiger partial charge in [-0.15, -0.1) is 0 Å². The Labute approximate surface area is 302 Å². The van der Waals surface area contributed by atoms with E-state index in [2.05, 4.69) is 121 Å². The van der Waals surface area contributed by atoms with Gasteiger partial charge in [-0.1, -0.05) is 87.5 Å². The summed E-state index contributed by atoms with van der Waals surface area (Å²) in [6.07, 6.45) is 5.32. The Kier molecular flexibility index (Phi) is 6.45. The topological polar surface area (TPSA) is 38.5 Å². The summed E-state index contributed by atoms with van der Waals surface area (Å²) in [6.45, 7) is 4.64. The molecule has 6 heteroatoms. The number of nitrogens with zero attached hydrogens (tertiary/aromatic N) is 5. The van der Waals surface area contributed by atoms with Gasteiger partial charge in [-0.3, -0.25) is 4.57 Å². The minimum atomic E-state index is -2.23. The van der Waals surface area contributed by atoms with E-state index in [0.717, 1.165) is 61.2 Å². The molecule has 6 nitrogen and oxygen atoms in total. The zero-order valence-electron chi connectivity index (χ0n) is 31.8. The number of hydrogen-bond donors (Lipinski definition) is 0. The molecule has 0 atom stereocenters. The largest absolute Gasteiger partial charge is 0.457 e. The van der Waals surface area contributed by atoms with E-state index in [-0.39, 0.29) is 12.1 Å². The molecule has 51 heavy (non-hydrogen) atoms. The monoisotopic (exact) mass is 668 g/mol. The van der Waals surface area contributed by atoms with Crippen LogP contribution in [0.3, 0.4) is 0 Å². The summed E-state index contributed by atoms with van der Waals surface area (Å²) in [5.74, 6) is 2.15. The van der Waals surface area contributed by atoms with Crippen LogP contribution in [-0.4, -0.2) is 32.7 Å². The molecule has 0 amide bonds. The standard InChI is InChI=1S/C45H39N5O/c1-45(2,3)33-21-22-46-42(27-33)50-41-29-36(51-37-26-32(31-13-7-5-8-14-31)25-35(28-37)48-24-23-47(4)30-48)19-20-39(41)43-44(50)38-17-11-12-18-40(38)49(43)34-15-9-6-10-16-34/h5-29H,30H2,1-4H3/i4D3. The highest BCUT2D eigenvalue weighted by atomic mass is 16.5. The summed E-state index contributed by atoms with van der Waals surface area (Å²) in [6, 6.07) is 45.8. The molecule has 0 spiro atoms. The molecule has 5 aromatic carbocycles. The minimum absolute atomic E-state index is 0.0708. The summed E-state index contributed by atoms with van der Waals surface area (Å²) in [5, 5.41) is 2.20. The Bertz CT molecular complexity index is 2710. The SMILES string of the molecule is [2H]C([2H])([2H])N1C=CN(c2cc(Oc3ccc4c(c3)n(-c3cc(C(C)(C)C)ccn3)c3c5ccccc5n(-c5ccccc5)c43)cc(-c3ccccc3)c2)C1. The number of benzene rings is 5. The second-order valence-electron chi connectivity index (χ2n) is 14.1. The Balaban J connectivity index is 1.24. The number of para-hydroxylation sites is 2. The second-order valence-corrected chi connectivity index (χ2v) is 14.1. The van der Waals surface area contributed by atoms with Crippen LogP contribution in [0.15, 0.2) is 152 Å². The van der Waals surface area contributed by atoms with Gasteiger partial charge in [-0.25, -0.2) is 4.98 Å². The number of rotatable bonds is 6. The van der Waals surface area contributed by atoms with E-state index in [0.29, 0.717) is 11.5 Å². The van der Waals surface area contributed by atoms with Crippen LogP contribution >= 0.6 is 0 Å². The first-order chi connectivity index (χ1) is 26.0. The van der Waals surface area contributed by atoms with Gasteiger partial charge < -0.3 is 19.1 Å². The van der Waals surface area contributed by atoms with Gasteiger partial charge in [0.2, 0.25) is 0 Å². The summed E-state index contributed by atoms with van der Waals surface area (Å²) < 4.78 is 35.2. The van der Waals surface area contributed by atoms with Crippen LogP contribution in [0.2, 0.25) is 0 Å². The lowest BCUT2D eigenvalue weighted by atomic mass is 9.88. The molecule has 0 N–H and O–H groups in total. The van der Waals surface area contributed by atoms with E-state index in [4.69, 9.17) is 13.8 Å². The van der Waals surface area contributed by atoms with Crippen molar-refractivity contribution in [2.45, 2.75) is 26.2 Å². The molecule has 250 valence electrons. The van der Waals surface area contributed by atoms with Crippen molar-refractivity contribution in [2.75, 3.05) is 18.5 Å². The van der Waals surface area contributed by atoms with Crippen LogP contribution in [0.5, 0.6) is 11.5 Å². The molecule has 9 rings (SSSR count). The van der Waals surface area contributed by atoms with E-state index in [9.17, 15) is 0 Å². The molecule has 0 bridgehead atoms. The number of hydrogen-bond acceptors (Lipinski definition) is 4. The zero-order chi connectivity index (χ0) is 37.2. The molecule has 3 aromatic heterocycles. The summed E-state index contributed by atoms with van der Waals surface area (Å²) >= 11 is 0. The van der Waals surface area contributed by atoms with Gasteiger partial charge in [0.05, 0.1) is 28.7 Å². The van der Waals surface area contributed by atoms with Gasteiger partial charge in [-0.05, 0) is 76.7 Å². The van der Waals surface area contributed by atoms with Crippen molar-refractivity contribution in [1.82, 2.24) is 19.0 Å². The number of ether oxygens (including phenoxy) is 1. The molecule has 4 heterocycles. The lowest BCUT2D eigenvalue weighted by molar-refractivity contribution is 0.481. The zero-order valence-corrected chi connectivity index (χ0v) is 28.8. The molecule has 0 unspecified atom stereocenters. The van der Waals surface area contributed by atoms with Crippen molar-refractivity contribution in [3.05, 3.63) is 158 Å². The predicted molar refractivity (Wildman–Crippen MR) is 210 cm³/mol. The van der Waals surface area contributed by atoms with Crippen LogP contribution in [-0.2, 0) is 5.41 Å². The van der Waals surface area contributed by atoms with E-state index < -0.39 is 6.98 Å². The van der Waals surface area contributed by atoms with Gasteiger partial charge in [-0.2, -0.15) is 0 Å². The van der Waals surface area contributed by atoms with Gasteiger partial charge in [0.15, 0.2) is 0 Å². The van der Waals surface area contributed by atoms with E-state index in [1.807, 2.05) is 53.6 Å². The fourth-order valence-electron chi connectivity index (χ4n) is 7.20. The van der Waals surface area contributed by atoms with Crippen molar-refractivity contribution in [3.8, 4) is 34.1 Å². The number of aromatic nitrogens is 3. The molecular weight excluding hydrogens is 627 g/mol. The Hall–Kier alpha value is -6.27. The van der Waals surface area contributed by atoms with Gasteiger partial charge in [0.25, 0.3) is 0 Å². The smallest absolute Gasteiger partial charge is 0.137 e. The summed E-state index contributed by atoms with van der Waals surface area (Å²) in [7, 11) is 0. The van der Waals surface area contributed by atoms with E-state index in [1.165, 1.54) is 10.5 Å². The Morgan fingerprint density at radius 3 is 2.16 bits per heavy atom. The third kappa shape index (κ3) is 5.40. The van der Waals surface area contributed by atoms with Crippen molar-refractivity contribution < 1.29 is 8.85 Å². The van der Waals surface area contributed by atoms with Crippen LogP contribution in [0, 0.1) is 0 Å². The number of anilines is 1. The maximum absolute atomic E-state index is 7.92. The first-order valence-electron chi connectivity index (χ1n) is 18.7. The van der Waals surface area contributed by atoms with Crippen molar-refractivity contribution in [3.63, 3.8) is 0 Å². The second kappa shape index (κ2) is 12.0. The highest BCUT2D eigenvalue weighted by molar-refractivity contribution is 6.20. The summed E-state index contributed by atoms with van der Waals surface area (Å²) in [5.41, 5.74) is 9.30. The molecule has 1 aliphatic rings. The third-order valence-electron chi connectivity index (χ3n) is 9.69. The molecule has 1 aliphatic heterocycles. The number of fused-ring (bicyclic) bond motifs is 5. The first-order valence-corrected chi connectivity index (χ1v) is 17.2. The van der Waals surface area contributed by atoms with Crippen LogP contribution < -0.4 is 9.64 Å². The van der Waals surface area contributed by atoms with Crippen molar-refractivity contribution >= 4 is 38.5 Å². The molecule has 8 aromatic rings. The fourth-order valence-corrected chi connectivity index (χ4v) is 7.20. The summed E-state index contributed by atoms with van der Waals surface area (Å²) in [4.78, 5) is 8.25. The first kappa shape index (κ1) is 27.5. The quantitative estimate of drug-likeness (QED) is 0.177. The fraction of sp³-hybridized carbons (Fsp3) is 0.133. The average Bonchev–Trinajstić information content (AvgIpc) is 3.89. The van der Waals surface area contributed by atoms with E-state index in [1.54, 1.807) is 12.4 Å². The van der Waals surface area contributed by atoms with Gasteiger partial charge in [0.1, 0.15) is 17.3 Å². The maximum Gasteiger partial charge on any atom is 0.137 e. The highest BCUT2D eigenvalue weighted by Crippen LogP contribution is 2.43. The lowest BCUT2D eigenvalue weighted by Crippen LogP contribution is -2.21. The van der Waals surface area contributed by atoms with Crippen molar-refractivity contribution in [2.24, 2.45) is 0 Å². The van der Waals surface area contributed by atoms with Crippen LogP contribution in [0.25, 0.3) is 55.5 Å². The van der Waals surface area contributed by atoms with Crippen LogP contribution in [0.4, 0.5) is 5.69 Å². The normalized spacial score (nSPS) is 14.4. The van der Waals surface area contributed by atoms with Gasteiger partial charge in [0, 0.05) is 64.0 Å². The molecule has 0 aliphatic carbocycles. The molecule has 0 saturated carbocycles. The minimum Gasteiger partial charge on any atom is -0.457 e. The maximum atomic E-state index is 7.92. The predicted octanol–water partition coefficient (Wildman–Crippen LogP) is 11.1. The lowest BCUT2D eigenvalue weighted by Gasteiger charge is -2.20. The van der Waals surface area contributed by atoms with Gasteiger partial charge >= 0.3 is 0 Å². The molecule has 0 fully saturated rings. The molecular formula is C45H39N5O. The van der Waals surface area contributed by atoms with E-state index >= 15 is 0 Å². The van der Waals surface area contributed by atoms with Crippen LogP contribution in [0.1, 0.15) is 30.4 Å². The molecule has 0 saturated heterocycles. The number of pyridine rings is 1.